The molecule has 2 atom stereocenters. The highest BCUT2D eigenvalue weighted by atomic mass is 28.4. The van der Waals surface area contributed by atoms with Gasteiger partial charge < -0.3 is 4.43 Å². The smallest absolute Gasteiger partial charge is 0.192 e. The first-order valence-corrected chi connectivity index (χ1v) is 10.1. The van der Waals surface area contributed by atoms with Gasteiger partial charge in [-0.05, 0) is 42.8 Å². The number of rotatable bonds is 2. The zero-order valence-electron chi connectivity index (χ0n) is 13.8. The van der Waals surface area contributed by atoms with Crippen molar-refractivity contribution in [1.29, 1.82) is 0 Å². The van der Waals surface area contributed by atoms with E-state index in [1.807, 2.05) is 0 Å². The van der Waals surface area contributed by atoms with E-state index in [0.717, 1.165) is 6.42 Å². The molecule has 0 spiro atoms. The Labute approximate surface area is 115 Å². The summed E-state index contributed by atoms with van der Waals surface area (Å²) < 4.78 is 6.56. The average molecular weight is 269 g/mol. The molecule has 1 aliphatic rings. The molecule has 0 aromatic carbocycles. The minimum atomic E-state index is -1.65. The van der Waals surface area contributed by atoms with Crippen LogP contribution in [0.3, 0.4) is 0 Å². The van der Waals surface area contributed by atoms with E-state index >= 15 is 0 Å². The van der Waals surface area contributed by atoms with Crippen LogP contribution in [-0.2, 0) is 4.43 Å². The molecular formula is C16H32OSi. The normalized spacial score (nSPS) is 29.1. The molecule has 1 nitrogen and oxygen atoms in total. The molecular weight excluding hydrogens is 236 g/mol. The summed E-state index contributed by atoms with van der Waals surface area (Å²) in [4.78, 5) is 0. The van der Waals surface area contributed by atoms with Gasteiger partial charge in [-0.3, -0.25) is 0 Å². The van der Waals surface area contributed by atoms with E-state index in [-0.39, 0.29) is 0 Å². The molecule has 0 bridgehead atoms. The fourth-order valence-corrected chi connectivity index (χ4v) is 3.70. The van der Waals surface area contributed by atoms with Crippen molar-refractivity contribution in [1.82, 2.24) is 0 Å². The Morgan fingerprint density at radius 3 is 2.17 bits per heavy atom. The van der Waals surface area contributed by atoms with Gasteiger partial charge in [0.2, 0.25) is 0 Å². The van der Waals surface area contributed by atoms with Crippen LogP contribution in [0.25, 0.3) is 0 Å². The summed E-state index contributed by atoms with van der Waals surface area (Å²) in [5.41, 5.74) is 1.85. The Morgan fingerprint density at radius 1 is 1.28 bits per heavy atom. The third kappa shape index (κ3) is 3.27. The highest BCUT2D eigenvalue weighted by molar-refractivity contribution is 6.74. The lowest BCUT2D eigenvalue weighted by atomic mass is 9.69. The Bertz CT molecular complexity index is 333. The van der Waals surface area contributed by atoms with Crippen LogP contribution in [0.5, 0.6) is 0 Å². The highest BCUT2D eigenvalue weighted by Gasteiger charge is 2.42. The van der Waals surface area contributed by atoms with E-state index in [1.165, 1.54) is 5.57 Å². The standard InChI is InChI=1S/C16H32OSi/c1-12-10-14(11-16(6,7)13(12)2)17-18(8,9)15(3,4)5/h10,13-14H,11H2,1-9H3/t13-,14+/m0/s1. The molecule has 0 saturated heterocycles. The second kappa shape index (κ2) is 4.79. The van der Waals surface area contributed by atoms with E-state index < -0.39 is 8.32 Å². The lowest BCUT2D eigenvalue weighted by Crippen LogP contribution is -2.46. The topological polar surface area (TPSA) is 9.23 Å². The van der Waals surface area contributed by atoms with Gasteiger partial charge in [-0.2, -0.15) is 0 Å². The monoisotopic (exact) mass is 268 g/mol. The first-order chi connectivity index (χ1) is 7.87. The Balaban J connectivity index is 2.88. The van der Waals surface area contributed by atoms with Crippen LogP contribution in [0.2, 0.25) is 18.1 Å². The van der Waals surface area contributed by atoms with Crippen molar-refractivity contribution in [2.24, 2.45) is 11.3 Å². The average Bonchev–Trinajstić information content (AvgIpc) is 2.10. The van der Waals surface area contributed by atoms with Gasteiger partial charge in [0.1, 0.15) is 0 Å². The Morgan fingerprint density at radius 2 is 1.78 bits per heavy atom. The Kier molecular flexibility index (Phi) is 4.25. The molecule has 2 heteroatoms. The lowest BCUT2D eigenvalue weighted by molar-refractivity contribution is 0.114. The van der Waals surface area contributed by atoms with Gasteiger partial charge in [-0.15, -0.1) is 0 Å². The molecule has 0 unspecified atom stereocenters. The van der Waals surface area contributed by atoms with Crippen LogP contribution in [-0.4, -0.2) is 14.4 Å². The van der Waals surface area contributed by atoms with Crippen LogP contribution in [0, 0.1) is 11.3 Å². The van der Waals surface area contributed by atoms with Gasteiger partial charge in [0.25, 0.3) is 0 Å². The largest absolute Gasteiger partial charge is 0.411 e. The fourth-order valence-electron chi connectivity index (χ4n) is 2.44. The van der Waals surface area contributed by atoms with Crippen molar-refractivity contribution in [2.75, 3.05) is 0 Å². The molecule has 18 heavy (non-hydrogen) atoms. The third-order valence-electron chi connectivity index (χ3n) is 5.28. The summed E-state index contributed by atoms with van der Waals surface area (Å²) in [6, 6.07) is 0. The van der Waals surface area contributed by atoms with E-state index in [0.29, 0.717) is 22.5 Å². The van der Waals surface area contributed by atoms with Crippen molar-refractivity contribution in [3.63, 3.8) is 0 Å². The molecule has 0 N–H and O–H groups in total. The quantitative estimate of drug-likeness (QED) is 0.482. The van der Waals surface area contributed by atoms with E-state index in [1.54, 1.807) is 0 Å². The van der Waals surface area contributed by atoms with Gasteiger partial charge in [-0.25, -0.2) is 0 Å². The van der Waals surface area contributed by atoms with Crippen LogP contribution in [0.1, 0.15) is 54.9 Å². The zero-order chi connectivity index (χ0) is 14.4. The second-order valence-corrected chi connectivity index (χ2v) is 13.0. The summed E-state index contributed by atoms with van der Waals surface area (Å²) in [5.74, 6) is 0.664. The van der Waals surface area contributed by atoms with Crippen LogP contribution in [0.15, 0.2) is 11.6 Å². The summed E-state index contributed by atoms with van der Waals surface area (Å²) in [7, 11) is -1.65. The molecule has 0 aromatic rings. The van der Waals surface area contributed by atoms with E-state index in [9.17, 15) is 0 Å². The van der Waals surface area contributed by atoms with Gasteiger partial charge >= 0.3 is 0 Å². The SMILES string of the molecule is CC1=C[C@@H](O[Si](C)(C)C(C)(C)C)CC(C)(C)[C@H]1C. The second-order valence-electron chi connectivity index (χ2n) is 8.24. The Hall–Kier alpha value is -0.0831. The van der Waals surface area contributed by atoms with Crippen molar-refractivity contribution in [2.45, 2.75) is 79.1 Å². The minimum absolute atomic E-state index is 0.294. The number of allylic oxidation sites excluding steroid dienone is 1. The molecule has 0 saturated carbocycles. The van der Waals surface area contributed by atoms with Gasteiger partial charge in [0.15, 0.2) is 8.32 Å². The van der Waals surface area contributed by atoms with E-state index in [4.69, 9.17) is 4.43 Å². The minimum Gasteiger partial charge on any atom is -0.411 e. The van der Waals surface area contributed by atoms with Crippen molar-refractivity contribution < 1.29 is 4.43 Å². The van der Waals surface area contributed by atoms with Gasteiger partial charge in [0, 0.05) is 0 Å². The van der Waals surface area contributed by atoms with Crippen LogP contribution in [0.4, 0.5) is 0 Å². The predicted molar refractivity (Wildman–Crippen MR) is 83.4 cm³/mol. The van der Waals surface area contributed by atoms with Gasteiger partial charge in [-0.1, -0.05) is 53.2 Å². The van der Waals surface area contributed by atoms with Crippen molar-refractivity contribution in [3.8, 4) is 0 Å². The maximum absolute atomic E-state index is 6.56. The summed E-state index contributed by atoms with van der Waals surface area (Å²) in [6.45, 7) is 21.0. The summed E-state index contributed by atoms with van der Waals surface area (Å²) in [6.07, 6.45) is 3.84. The maximum atomic E-state index is 6.56. The summed E-state index contributed by atoms with van der Waals surface area (Å²) in [5, 5.41) is 0.294. The predicted octanol–water partition coefficient (Wildman–Crippen LogP) is 5.39. The number of hydrogen-bond donors (Lipinski definition) is 0. The fraction of sp³-hybridized carbons (Fsp3) is 0.875. The van der Waals surface area contributed by atoms with E-state index in [2.05, 4.69) is 67.6 Å². The molecule has 0 amide bonds. The third-order valence-corrected chi connectivity index (χ3v) is 9.79. The molecule has 0 radical (unpaired) electrons. The first-order valence-electron chi connectivity index (χ1n) is 7.23. The molecule has 0 heterocycles. The maximum Gasteiger partial charge on any atom is 0.192 e. The van der Waals surface area contributed by atoms with Crippen molar-refractivity contribution in [3.05, 3.63) is 11.6 Å². The highest BCUT2D eigenvalue weighted by Crippen LogP contribution is 2.44. The first kappa shape index (κ1) is 16.0. The molecule has 0 aromatic heterocycles. The van der Waals surface area contributed by atoms with Gasteiger partial charge in [0.05, 0.1) is 6.10 Å². The molecule has 0 fully saturated rings. The molecule has 106 valence electrons. The molecule has 1 rings (SSSR count). The van der Waals surface area contributed by atoms with Crippen molar-refractivity contribution >= 4 is 8.32 Å². The lowest BCUT2D eigenvalue weighted by Gasteiger charge is -2.44. The van der Waals surface area contributed by atoms with Crippen LogP contribution < -0.4 is 0 Å². The van der Waals surface area contributed by atoms with Crippen LogP contribution >= 0.6 is 0 Å². The zero-order valence-corrected chi connectivity index (χ0v) is 14.8. The molecule has 0 aliphatic heterocycles. The molecule has 1 aliphatic carbocycles. The number of hydrogen-bond acceptors (Lipinski definition) is 1. The summed E-state index contributed by atoms with van der Waals surface area (Å²) >= 11 is 0.